The molecule has 2 aromatic heterocycles. The maximum Gasteiger partial charge on any atom is 0.0948 e. The molecule has 0 amide bonds. The van der Waals surface area contributed by atoms with Gasteiger partial charge in [-0.3, -0.25) is 0 Å². The Morgan fingerprint density at radius 2 is 2.25 bits per heavy atom. The van der Waals surface area contributed by atoms with Crippen molar-refractivity contribution in [1.82, 2.24) is 4.98 Å². The van der Waals surface area contributed by atoms with Crippen LogP contribution in [-0.2, 0) is 12.8 Å². The Kier molecular flexibility index (Phi) is 3.74. The van der Waals surface area contributed by atoms with Crippen molar-refractivity contribution in [3.8, 4) is 10.6 Å². The fraction of sp³-hybridized carbons (Fsp3) is 0.417. The predicted octanol–water partition coefficient (Wildman–Crippen LogP) is 3.32. The molecule has 1 atom stereocenters. The molecule has 2 N–H and O–H groups in total. The number of aromatic nitrogens is 1. The van der Waals surface area contributed by atoms with E-state index in [1.54, 1.807) is 11.3 Å². The zero-order valence-corrected chi connectivity index (χ0v) is 11.2. The van der Waals surface area contributed by atoms with Crippen molar-refractivity contribution < 1.29 is 0 Å². The van der Waals surface area contributed by atoms with Crippen molar-refractivity contribution >= 4 is 22.7 Å². The van der Waals surface area contributed by atoms with E-state index in [0.29, 0.717) is 0 Å². The summed E-state index contributed by atoms with van der Waals surface area (Å²) in [6.07, 6.45) is 1.97. The highest BCUT2D eigenvalue weighted by Gasteiger charge is 2.08. The topological polar surface area (TPSA) is 38.9 Å². The molecule has 0 aliphatic rings. The number of nitrogens with zero attached hydrogens (tertiary/aromatic N) is 1. The molecule has 2 rings (SSSR count). The second kappa shape index (κ2) is 5.08. The average Bonchev–Trinajstić information content (AvgIpc) is 2.83. The van der Waals surface area contributed by atoms with E-state index in [9.17, 15) is 0 Å². The van der Waals surface area contributed by atoms with Crippen molar-refractivity contribution in [1.29, 1.82) is 0 Å². The van der Waals surface area contributed by atoms with Gasteiger partial charge in [0.1, 0.15) is 0 Å². The quantitative estimate of drug-likeness (QED) is 0.906. The van der Waals surface area contributed by atoms with Gasteiger partial charge in [-0.15, -0.1) is 22.7 Å². The molecule has 2 heterocycles. The van der Waals surface area contributed by atoms with E-state index in [-0.39, 0.29) is 6.04 Å². The number of thiazole rings is 1. The van der Waals surface area contributed by atoms with Crippen LogP contribution in [0, 0.1) is 0 Å². The summed E-state index contributed by atoms with van der Waals surface area (Å²) in [7, 11) is 0. The molecule has 0 aliphatic carbocycles. The molecule has 0 aromatic carbocycles. The van der Waals surface area contributed by atoms with E-state index in [4.69, 9.17) is 5.73 Å². The summed E-state index contributed by atoms with van der Waals surface area (Å²) < 4.78 is 0. The summed E-state index contributed by atoms with van der Waals surface area (Å²) in [6, 6.07) is 4.53. The van der Waals surface area contributed by atoms with Crippen molar-refractivity contribution in [3.05, 3.63) is 27.4 Å². The Hall–Kier alpha value is -0.710. The number of thiophene rings is 1. The first kappa shape index (κ1) is 11.8. The molecule has 0 saturated carbocycles. The standard InChI is InChI=1S/C12H16N2S2/c1-3-9-4-5-11(16-9)10-7-15-12(14-10)6-8(2)13/h4-5,7-8H,3,6,13H2,1-2H3. The lowest BCUT2D eigenvalue weighted by atomic mass is 10.3. The van der Waals surface area contributed by atoms with Crippen molar-refractivity contribution in [2.75, 3.05) is 0 Å². The van der Waals surface area contributed by atoms with Gasteiger partial charge in [-0.1, -0.05) is 6.92 Å². The number of aryl methyl sites for hydroxylation is 1. The van der Waals surface area contributed by atoms with Gasteiger partial charge in [0.25, 0.3) is 0 Å². The van der Waals surface area contributed by atoms with Gasteiger partial charge >= 0.3 is 0 Å². The van der Waals surface area contributed by atoms with Gasteiger partial charge in [0.15, 0.2) is 0 Å². The van der Waals surface area contributed by atoms with Gasteiger partial charge in [0, 0.05) is 22.7 Å². The second-order valence-electron chi connectivity index (χ2n) is 3.93. The van der Waals surface area contributed by atoms with Crippen LogP contribution in [0.2, 0.25) is 0 Å². The minimum atomic E-state index is 0.188. The zero-order chi connectivity index (χ0) is 11.5. The molecular weight excluding hydrogens is 236 g/mol. The van der Waals surface area contributed by atoms with Crippen LogP contribution >= 0.6 is 22.7 Å². The van der Waals surface area contributed by atoms with Gasteiger partial charge in [0.2, 0.25) is 0 Å². The lowest BCUT2D eigenvalue weighted by Crippen LogP contribution is -2.17. The molecule has 86 valence electrons. The van der Waals surface area contributed by atoms with Crippen LogP contribution < -0.4 is 5.73 Å². The summed E-state index contributed by atoms with van der Waals surface area (Å²) in [5.74, 6) is 0. The van der Waals surface area contributed by atoms with Gasteiger partial charge in [-0.2, -0.15) is 0 Å². The number of hydrogen-bond acceptors (Lipinski definition) is 4. The maximum absolute atomic E-state index is 5.77. The Bertz CT molecular complexity index is 457. The number of rotatable bonds is 4. The van der Waals surface area contributed by atoms with E-state index >= 15 is 0 Å². The molecule has 0 fully saturated rings. The van der Waals surface area contributed by atoms with Gasteiger partial charge in [-0.05, 0) is 25.5 Å². The van der Waals surface area contributed by atoms with Crippen LogP contribution in [0.4, 0.5) is 0 Å². The number of hydrogen-bond donors (Lipinski definition) is 1. The Labute approximate surface area is 104 Å². The van der Waals surface area contributed by atoms with Crippen LogP contribution in [0.1, 0.15) is 23.7 Å². The molecule has 2 aromatic rings. The number of nitrogens with two attached hydrogens (primary N) is 1. The SMILES string of the molecule is CCc1ccc(-c2csc(CC(C)N)n2)s1. The van der Waals surface area contributed by atoms with E-state index in [2.05, 4.69) is 29.4 Å². The molecule has 2 nitrogen and oxygen atoms in total. The van der Waals surface area contributed by atoms with E-state index in [0.717, 1.165) is 23.5 Å². The van der Waals surface area contributed by atoms with E-state index < -0.39 is 0 Å². The minimum absolute atomic E-state index is 0.188. The fourth-order valence-corrected chi connectivity index (χ4v) is 3.42. The fourth-order valence-electron chi connectivity index (χ4n) is 1.50. The van der Waals surface area contributed by atoms with Crippen LogP contribution in [-0.4, -0.2) is 11.0 Å². The maximum atomic E-state index is 5.77. The van der Waals surface area contributed by atoms with E-state index in [1.165, 1.54) is 9.75 Å². The molecule has 0 aliphatic heterocycles. The van der Waals surface area contributed by atoms with Crippen molar-refractivity contribution in [3.63, 3.8) is 0 Å². The first-order valence-corrected chi connectivity index (χ1v) is 7.17. The zero-order valence-electron chi connectivity index (χ0n) is 9.56. The normalized spacial score (nSPS) is 12.9. The average molecular weight is 252 g/mol. The largest absolute Gasteiger partial charge is 0.328 e. The third-order valence-corrected chi connectivity index (χ3v) is 4.43. The third kappa shape index (κ3) is 2.70. The lowest BCUT2D eigenvalue weighted by Gasteiger charge is -1.98. The molecule has 4 heteroatoms. The molecule has 0 radical (unpaired) electrons. The molecule has 0 saturated heterocycles. The Balaban J connectivity index is 2.17. The molecule has 0 bridgehead atoms. The summed E-state index contributed by atoms with van der Waals surface area (Å²) >= 11 is 3.54. The highest BCUT2D eigenvalue weighted by atomic mass is 32.1. The van der Waals surface area contributed by atoms with Gasteiger partial charge in [-0.25, -0.2) is 4.98 Å². The van der Waals surface area contributed by atoms with Crippen LogP contribution in [0.25, 0.3) is 10.6 Å². The van der Waals surface area contributed by atoms with Crippen molar-refractivity contribution in [2.24, 2.45) is 5.73 Å². The minimum Gasteiger partial charge on any atom is -0.328 e. The van der Waals surface area contributed by atoms with E-state index in [1.807, 2.05) is 18.3 Å². The highest BCUT2D eigenvalue weighted by molar-refractivity contribution is 7.16. The molecule has 16 heavy (non-hydrogen) atoms. The van der Waals surface area contributed by atoms with Crippen LogP contribution in [0.15, 0.2) is 17.5 Å². The summed E-state index contributed by atoms with van der Waals surface area (Å²) in [4.78, 5) is 7.30. The first-order chi connectivity index (χ1) is 7.69. The van der Waals surface area contributed by atoms with Crippen LogP contribution in [0.5, 0.6) is 0 Å². The highest BCUT2D eigenvalue weighted by Crippen LogP contribution is 2.29. The second-order valence-corrected chi connectivity index (χ2v) is 6.04. The smallest absolute Gasteiger partial charge is 0.0948 e. The summed E-state index contributed by atoms with van der Waals surface area (Å²) in [5.41, 5.74) is 6.87. The monoisotopic (exact) mass is 252 g/mol. The summed E-state index contributed by atoms with van der Waals surface area (Å²) in [6.45, 7) is 4.19. The third-order valence-electron chi connectivity index (χ3n) is 2.31. The molecular formula is C12H16N2S2. The molecule has 1 unspecified atom stereocenters. The van der Waals surface area contributed by atoms with Gasteiger partial charge in [0.05, 0.1) is 15.6 Å². The Morgan fingerprint density at radius 1 is 1.44 bits per heavy atom. The van der Waals surface area contributed by atoms with Crippen LogP contribution in [0.3, 0.4) is 0 Å². The van der Waals surface area contributed by atoms with Crippen molar-refractivity contribution in [2.45, 2.75) is 32.7 Å². The lowest BCUT2D eigenvalue weighted by molar-refractivity contribution is 0.734. The Morgan fingerprint density at radius 3 is 2.88 bits per heavy atom. The first-order valence-electron chi connectivity index (χ1n) is 5.48. The molecule has 0 spiro atoms. The van der Waals surface area contributed by atoms with Gasteiger partial charge < -0.3 is 5.73 Å². The predicted molar refractivity (Wildman–Crippen MR) is 72.2 cm³/mol. The summed E-state index contributed by atoms with van der Waals surface area (Å²) in [5, 5.41) is 3.26.